The van der Waals surface area contributed by atoms with E-state index in [1.54, 1.807) is 38.3 Å². The third-order valence-corrected chi connectivity index (χ3v) is 7.63. The molecule has 34 heavy (non-hydrogen) atoms. The maximum absolute atomic E-state index is 13.3. The van der Waals surface area contributed by atoms with Crippen LogP contribution in [0.5, 0.6) is 5.75 Å². The molecule has 0 aliphatic carbocycles. The second kappa shape index (κ2) is 12.2. The van der Waals surface area contributed by atoms with Gasteiger partial charge in [-0.2, -0.15) is 4.31 Å². The van der Waals surface area contributed by atoms with Crippen molar-refractivity contribution in [3.8, 4) is 5.75 Å². The zero-order valence-electron chi connectivity index (χ0n) is 20.1. The summed E-state index contributed by atoms with van der Waals surface area (Å²) in [5, 5.41) is 3.29. The average Bonchev–Trinajstić information content (AvgIpc) is 2.82. The molecule has 1 N–H and O–H groups in total. The summed E-state index contributed by atoms with van der Waals surface area (Å²) in [5.41, 5.74) is 0.778. The highest BCUT2D eigenvalue weighted by Gasteiger charge is 2.30. The Labute approximate surface area is 206 Å². The van der Waals surface area contributed by atoms with Gasteiger partial charge in [-0.05, 0) is 62.2 Å². The number of hydrogen-bond donors (Lipinski definition) is 1. The van der Waals surface area contributed by atoms with E-state index in [0.717, 1.165) is 16.3 Å². The highest BCUT2D eigenvalue weighted by atomic mass is 35.5. The molecule has 2 atom stereocenters. The van der Waals surface area contributed by atoms with Gasteiger partial charge in [0, 0.05) is 24.7 Å². The van der Waals surface area contributed by atoms with E-state index >= 15 is 0 Å². The second-order valence-corrected chi connectivity index (χ2v) is 10.6. The lowest BCUT2D eigenvalue weighted by Gasteiger charge is -2.31. The zero-order valence-corrected chi connectivity index (χ0v) is 21.7. The molecule has 0 unspecified atom stereocenters. The van der Waals surface area contributed by atoms with E-state index in [1.807, 2.05) is 13.8 Å². The summed E-state index contributed by atoms with van der Waals surface area (Å²) >= 11 is 5.86. The summed E-state index contributed by atoms with van der Waals surface area (Å²) in [6.07, 6.45) is 0.743. The molecular weight excluding hydrogens is 478 g/mol. The number of methoxy groups -OCH3 is 1. The van der Waals surface area contributed by atoms with E-state index in [-0.39, 0.29) is 23.4 Å². The topological polar surface area (TPSA) is 96.0 Å². The normalized spacial score (nSPS) is 13.3. The number of hydrogen-bond acceptors (Lipinski definition) is 5. The number of rotatable bonds is 11. The first-order valence-corrected chi connectivity index (χ1v) is 12.8. The number of carbonyl (C=O) groups excluding carboxylic acids is 2. The van der Waals surface area contributed by atoms with E-state index in [1.165, 1.54) is 36.2 Å². The Kier molecular flexibility index (Phi) is 9.90. The lowest BCUT2D eigenvalue weighted by Crippen LogP contribution is -2.51. The van der Waals surface area contributed by atoms with E-state index in [4.69, 9.17) is 16.3 Å². The van der Waals surface area contributed by atoms with Gasteiger partial charge in [0.05, 0.1) is 18.6 Å². The van der Waals surface area contributed by atoms with Crippen molar-refractivity contribution in [2.24, 2.45) is 0 Å². The van der Waals surface area contributed by atoms with Crippen LogP contribution in [0.15, 0.2) is 53.4 Å². The molecule has 186 valence electrons. The van der Waals surface area contributed by atoms with Gasteiger partial charge in [-0.3, -0.25) is 9.59 Å². The fourth-order valence-electron chi connectivity index (χ4n) is 3.13. The first kappa shape index (κ1) is 27.6. The minimum atomic E-state index is -3.92. The molecule has 0 aliphatic heterocycles. The third-order valence-electron chi connectivity index (χ3n) is 5.56. The lowest BCUT2D eigenvalue weighted by atomic mass is 10.1. The van der Waals surface area contributed by atoms with Gasteiger partial charge >= 0.3 is 0 Å². The molecule has 2 amide bonds. The standard InChI is InChI=1S/C24H32ClN3O5S/c1-6-17(2)26-24(30)18(3)28(15-19-7-11-21(33-5)12-8-19)23(29)16-27(4)34(31,32)22-13-9-20(25)10-14-22/h7-14,17-18H,6,15-16H2,1-5H3,(H,26,30)/t17-,18-/m1/s1. The molecule has 2 rings (SSSR count). The number of carbonyl (C=O) groups is 2. The highest BCUT2D eigenvalue weighted by molar-refractivity contribution is 7.89. The van der Waals surface area contributed by atoms with Gasteiger partial charge in [-0.15, -0.1) is 0 Å². The van der Waals surface area contributed by atoms with Crippen LogP contribution in [-0.2, 0) is 26.2 Å². The summed E-state index contributed by atoms with van der Waals surface area (Å²) < 4.78 is 32.0. The van der Waals surface area contributed by atoms with E-state index in [0.29, 0.717) is 10.8 Å². The van der Waals surface area contributed by atoms with Gasteiger partial charge in [0.25, 0.3) is 0 Å². The lowest BCUT2D eigenvalue weighted by molar-refractivity contribution is -0.140. The van der Waals surface area contributed by atoms with Crippen molar-refractivity contribution in [1.29, 1.82) is 0 Å². The van der Waals surface area contributed by atoms with Crippen LogP contribution >= 0.6 is 11.6 Å². The summed E-state index contributed by atoms with van der Waals surface area (Å²) in [6.45, 7) is 5.17. The monoisotopic (exact) mass is 509 g/mol. The molecule has 0 bridgehead atoms. The summed E-state index contributed by atoms with van der Waals surface area (Å²) in [6, 6.07) is 12.0. The number of benzene rings is 2. The molecule has 0 spiro atoms. The molecule has 0 aromatic heterocycles. The first-order chi connectivity index (χ1) is 16.0. The van der Waals surface area contributed by atoms with E-state index in [2.05, 4.69) is 5.32 Å². The molecular formula is C24H32ClN3O5S. The fraction of sp³-hybridized carbons (Fsp3) is 0.417. The van der Waals surface area contributed by atoms with Crippen LogP contribution in [0.25, 0.3) is 0 Å². The smallest absolute Gasteiger partial charge is 0.243 e. The summed E-state index contributed by atoms with van der Waals surface area (Å²) in [7, 11) is -1.04. The SMILES string of the molecule is CC[C@@H](C)NC(=O)[C@@H](C)N(Cc1ccc(OC)cc1)C(=O)CN(C)S(=O)(=O)c1ccc(Cl)cc1. The Bertz CT molecular complexity index is 1070. The number of halogens is 1. The largest absolute Gasteiger partial charge is 0.497 e. The van der Waals surface area contributed by atoms with Crippen LogP contribution in [-0.4, -0.2) is 62.2 Å². The molecule has 8 nitrogen and oxygen atoms in total. The van der Waals surface area contributed by atoms with Crippen LogP contribution in [0.3, 0.4) is 0 Å². The Balaban J connectivity index is 2.27. The molecule has 2 aromatic carbocycles. The van der Waals surface area contributed by atoms with Crippen molar-refractivity contribution in [3.05, 3.63) is 59.1 Å². The van der Waals surface area contributed by atoms with Crippen molar-refractivity contribution < 1.29 is 22.7 Å². The molecule has 0 radical (unpaired) electrons. The van der Waals surface area contributed by atoms with Crippen LogP contribution in [0.2, 0.25) is 5.02 Å². The van der Waals surface area contributed by atoms with Gasteiger partial charge < -0.3 is 15.0 Å². The maximum Gasteiger partial charge on any atom is 0.243 e. The van der Waals surface area contributed by atoms with Gasteiger partial charge in [-0.1, -0.05) is 30.7 Å². The van der Waals surface area contributed by atoms with Crippen LogP contribution in [0.4, 0.5) is 0 Å². The number of ether oxygens (including phenoxy) is 1. The quantitative estimate of drug-likeness (QED) is 0.501. The minimum Gasteiger partial charge on any atom is -0.497 e. The van der Waals surface area contributed by atoms with Crippen molar-refractivity contribution in [1.82, 2.24) is 14.5 Å². The number of likely N-dealkylation sites (N-methyl/N-ethyl adjacent to an activating group) is 1. The van der Waals surface area contributed by atoms with E-state index < -0.39 is 28.5 Å². The van der Waals surface area contributed by atoms with Gasteiger partial charge in [-0.25, -0.2) is 8.42 Å². The minimum absolute atomic E-state index is 0.0245. The van der Waals surface area contributed by atoms with E-state index in [9.17, 15) is 18.0 Å². The number of amides is 2. The van der Waals surface area contributed by atoms with Crippen molar-refractivity contribution >= 4 is 33.4 Å². The van der Waals surface area contributed by atoms with Gasteiger partial charge in [0.1, 0.15) is 11.8 Å². The fourth-order valence-corrected chi connectivity index (χ4v) is 4.37. The van der Waals surface area contributed by atoms with Crippen LogP contribution < -0.4 is 10.1 Å². The van der Waals surface area contributed by atoms with Gasteiger partial charge in [0.2, 0.25) is 21.8 Å². The molecule has 2 aromatic rings. The first-order valence-electron chi connectivity index (χ1n) is 10.9. The van der Waals surface area contributed by atoms with Crippen LogP contribution in [0, 0.1) is 0 Å². The second-order valence-electron chi connectivity index (χ2n) is 8.08. The maximum atomic E-state index is 13.3. The molecule has 0 heterocycles. The number of sulfonamides is 1. The molecule has 0 fully saturated rings. The van der Waals surface area contributed by atoms with Crippen molar-refractivity contribution in [2.45, 2.75) is 50.7 Å². The average molecular weight is 510 g/mol. The Morgan fingerprint density at radius 2 is 1.65 bits per heavy atom. The highest BCUT2D eigenvalue weighted by Crippen LogP contribution is 2.19. The Hall–Kier alpha value is -2.62. The predicted octanol–water partition coefficient (Wildman–Crippen LogP) is 3.30. The molecule has 0 saturated carbocycles. The summed E-state index contributed by atoms with van der Waals surface area (Å²) in [4.78, 5) is 27.5. The molecule has 0 aliphatic rings. The Morgan fingerprint density at radius 1 is 1.06 bits per heavy atom. The van der Waals surface area contributed by atoms with Gasteiger partial charge in [0.15, 0.2) is 0 Å². The van der Waals surface area contributed by atoms with Crippen molar-refractivity contribution in [3.63, 3.8) is 0 Å². The number of nitrogens with one attached hydrogen (secondary N) is 1. The molecule has 0 saturated heterocycles. The van der Waals surface area contributed by atoms with Crippen LogP contribution in [0.1, 0.15) is 32.8 Å². The van der Waals surface area contributed by atoms with Crippen molar-refractivity contribution in [2.75, 3.05) is 20.7 Å². The zero-order chi connectivity index (χ0) is 25.5. The predicted molar refractivity (Wildman–Crippen MR) is 132 cm³/mol. The third kappa shape index (κ3) is 7.19. The molecule has 10 heteroatoms. The Morgan fingerprint density at radius 3 is 2.18 bits per heavy atom. The summed E-state index contributed by atoms with van der Waals surface area (Å²) in [5.74, 6) is -0.139. The number of nitrogens with zero attached hydrogens (tertiary/aromatic N) is 2.